The smallest absolute Gasteiger partial charge is 0.301 e. The summed E-state index contributed by atoms with van der Waals surface area (Å²) < 4.78 is 26.2. The van der Waals surface area contributed by atoms with E-state index >= 15 is 0 Å². The molecule has 0 spiro atoms. The van der Waals surface area contributed by atoms with Crippen LogP contribution < -0.4 is 20.1 Å². The molecule has 2 fully saturated rings. The Morgan fingerprint density at radius 3 is 2.40 bits per heavy atom. The Bertz CT molecular complexity index is 1780. The zero-order valence-corrected chi connectivity index (χ0v) is 24.7. The van der Waals surface area contributed by atoms with E-state index in [-0.39, 0.29) is 54.7 Å². The number of Topliss-reactive ketones (excluding diaryl/α,β-unsaturated/α-hetero) is 2. The number of hydrogen-bond acceptors (Lipinski definition) is 8. The summed E-state index contributed by atoms with van der Waals surface area (Å²) in [6.45, 7) is 2.77. The number of anilines is 2. The molecule has 0 radical (unpaired) electrons. The van der Waals surface area contributed by atoms with Gasteiger partial charge in [-0.25, -0.2) is 9.37 Å². The monoisotopic (exact) mass is 612 g/mol. The zero-order chi connectivity index (χ0) is 31.3. The molecule has 4 heterocycles. The fourth-order valence-corrected chi connectivity index (χ4v) is 5.63. The molecular weight excluding hydrogens is 579 g/mol. The van der Waals surface area contributed by atoms with Gasteiger partial charge < -0.3 is 19.3 Å². The summed E-state index contributed by atoms with van der Waals surface area (Å²) in [6, 6.07) is 16.7. The summed E-state index contributed by atoms with van der Waals surface area (Å²) in [5.74, 6) is -1.44. The number of morpholine rings is 1. The van der Waals surface area contributed by atoms with Crippen molar-refractivity contribution in [2.75, 3.05) is 42.6 Å². The molecule has 2 saturated heterocycles. The number of ether oxygens (including phenoxy) is 2. The largest absolute Gasteiger partial charge is 0.481 e. The Labute approximate surface area is 259 Å². The normalized spacial score (nSPS) is 15.1. The Hall–Kier alpha value is -4.90. The van der Waals surface area contributed by atoms with E-state index in [9.17, 15) is 23.6 Å². The predicted molar refractivity (Wildman–Crippen MR) is 166 cm³/mol. The average Bonchev–Trinajstić information content (AvgIpc) is 3.50. The standard InChI is InChI=1S/C34H33FN4O6/c35-25-10-8-23(9-11-25)19-27(40)12-13-29(41)31-32(45-22-24-5-2-1-3-6-24)34(43)39-21-26(37-15-17-44-18-16-37)20-28(33(39)36-31)38-14-4-7-30(38)42/h1-3,5-6,8-11,20-21H,4,7,12-19,22H2. The highest BCUT2D eigenvalue weighted by Crippen LogP contribution is 2.31. The number of hydrogen-bond donors (Lipinski definition) is 0. The van der Waals surface area contributed by atoms with E-state index in [1.54, 1.807) is 11.1 Å². The molecule has 11 heteroatoms. The Kier molecular flexibility index (Phi) is 8.97. The Morgan fingerprint density at radius 1 is 0.933 bits per heavy atom. The maximum atomic E-state index is 14.2. The number of halogens is 1. The van der Waals surface area contributed by atoms with Crippen molar-refractivity contribution in [1.82, 2.24) is 9.38 Å². The number of carbonyl (C=O) groups excluding carboxylic acids is 3. The molecule has 4 aromatic rings. The van der Waals surface area contributed by atoms with Gasteiger partial charge in [-0.2, -0.15) is 0 Å². The van der Waals surface area contributed by atoms with Gasteiger partial charge in [0.05, 0.1) is 24.6 Å². The van der Waals surface area contributed by atoms with Crippen LogP contribution >= 0.6 is 0 Å². The molecule has 45 heavy (non-hydrogen) atoms. The van der Waals surface area contributed by atoms with E-state index < -0.39 is 17.2 Å². The molecule has 2 aromatic carbocycles. The number of carbonyl (C=O) groups is 3. The summed E-state index contributed by atoms with van der Waals surface area (Å²) in [5.41, 5.74) is 2.00. The van der Waals surface area contributed by atoms with Gasteiger partial charge in [-0.15, -0.1) is 0 Å². The summed E-state index contributed by atoms with van der Waals surface area (Å²) >= 11 is 0. The number of fused-ring (bicyclic) bond motifs is 1. The average molecular weight is 613 g/mol. The molecule has 0 saturated carbocycles. The first kappa shape index (κ1) is 30.1. The molecule has 0 unspecified atom stereocenters. The third kappa shape index (κ3) is 6.78. The van der Waals surface area contributed by atoms with E-state index in [0.29, 0.717) is 56.9 Å². The third-order valence-corrected chi connectivity index (χ3v) is 8.03. The van der Waals surface area contributed by atoms with Gasteiger partial charge in [0.25, 0.3) is 0 Å². The van der Waals surface area contributed by atoms with Crippen LogP contribution in [0.5, 0.6) is 5.75 Å². The lowest BCUT2D eigenvalue weighted by molar-refractivity contribution is -0.118. The van der Waals surface area contributed by atoms with Gasteiger partial charge in [-0.3, -0.25) is 23.6 Å². The highest BCUT2D eigenvalue weighted by atomic mass is 19.1. The van der Waals surface area contributed by atoms with Crippen molar-refractivity contribution in [1.29, 1.82) is 0 Å². The molecule has 0 aliphatic carbocycles. The second-order valence-electron chi connectivity index (χ2n) is 11.2. The quantitative estimate of drug-likeness (QED) is 0.233. The molecule has 0 bridgehead atoms. The topological polar surface area (TPSA) is 111 Å². The lowest BCUT2D eigenvalue weighted by Gasteiger charge is -2.30. The summed E-state index contributed by atoms with van der Waals surface area (Å²) in [4.78, 5) is 61.9. The van der Waals surface area contributed by atoms with Crippen LogP contribution in [0, 0.1) is 5.82 Å². The maximum absolute atomic E-state index is 14.2. The van der Waals surface area contributed by atoms with Crippen LogP contribution in [0.1, 0.15) is 47.3 Å². The summed E-state index contributed by atoms with van der Waals surface area (Å²) in [5, 5.41) is 0. The highest BCUT2D eigenvalue weighted by Gasteiger charge is 2.29. The van der Waals surface area contributed by atoms with Crippen molar-refractivity contribution in [2.24, 2.45) is 0 Å². The van der Waals surface area contributed by atoms with Gasteiger partial charge in [-0.1, -0.05) is 42.5 Å². The van der Waals surface area contributed by atoms with Crippen LogP contribution in [-0.2, 0) is 27.4 Å². The molecular formula is C34H33FN4O6. The fraction of sp³-hybridized carbons (Fsp3) is 0.324. The van der Waals surface area contributed by atoms with Gasteiger partial charge >= 0.3 is 5.56 Å². The minimum atomic E-state index is -0.583. The predicted octanol–water partition coefficient (Wildman–Crippen LogP) is 4.15. The van der Waals surface area contributed by atoms with E-state index in [1.807, 2.05) is 36.4 Å². The molecule has 1 amide bonds. The van der Waals surface area contributed by atoms with Gasteiger partial charge in [0.1, 0.15) is 18.2 Å². The van der Waals surface area contributed by atoms with Crippen molar-refractivity contribution in [3.05, 3.63) is 99.9 Å². The number of ketones is 2. The molecule has 6 rings (SSSR count). The maximum Gasteiger partial charge on any atom is 0.301 e. The number of benzene rings is 2. The lowest BCUT2D eigenvalue weighted by Crippen LogP contribution is -2.37. The SMILES string of the molecule is O=C(CCC(=O)c1nc2c(N3CCCC3=O)cc(N3CCOCC3)cn2c(=O)c1OCc1ccccc1)Cc1ccc(F)cc1. The van der Waals surface area contributed by atoms with Gasteiger partial charge in [0.2, 0.25) is 11.7 Å². The second-order valence-corrected chi connectivity index (χ2v) is 11.2. The van der Waals surface area contributed by atoms with E-state index in [0.717, 1.165) is 11.3 Å². The number of amides is 1. The molecule has 2 aliphatic rings. The number of aromatic nitrogens is 2. The number of nitrogens with zero attached hydrogens (tertiary/aromatic N) is 4. The van der Waals surface area contributed by atoms with Crippen LogP contribution in [0.25, 0.3) is 5.65 Å². The molecule has 2 aromatic heterocycles. The number of rotatable bonds is 11. The minimum absolute atomic E-state index is 0.0221. The first-order valence-corrected chi connectivity index (χ1v) is 15.1. The van der Waals surface area contributed by atoms with Crippen LogP contribution in [0.4, 0.5) is 15.8 Å². The molecule has 0 N–H and O–H groups in total. The van der Waals surface area contributed by atoms with Crippen LogP contribution in [0.15, 0.2) is 71.7 Å². The second kappa shape index (κ2) is 13.4. The van der Waals surface area contributed by atoms with E-state index in [1.165, 1.54) is 28.7 Å². The van der Waals surface area contributed by atoms with Crippen molar-refractivity contribution >= 4 is 34.5 Å². The van der Waals surface area contributed by atoms with Crippen molar-refractivity contribution in [3.63, 3.8) is 0 Å². The number of pyridine rings is 1. The van der Waals surface area contributed by atoms with Crippen LogP contribution in [-0.4, -0.2) is 59.7 Å². The van der Waals surface area contributed by atoms with E-state index in [2.05, 4.69) is 9.88 Å². The summed E-state index contributed by atoms with van der Waals surface area (Å²) in [7, 11) is 0. The lowest BCUT2D eigenvalue weighted by atomic mass is 10.0. The van der Waals surface area contributed by atoms with Crippen molar-refractivity contribution in [3.8, 4) is 5.75 Å². The van der Waals surface area contributed by atoms with Gasteiger partial charge in [0, 0.05) is 51.5 Å². The van der Waals surface area contributed by atoms with Gasteiger partial charge in [0.15, 0.2) is 17.1 Å². The third-order valence-electron chi connectivity index (χ3n) is 8.03. The fourth-order valence-electron chi connectivity index (χ4n) is 5.63. The summed E-state index contributed by atoms with van der Waals surface area (Å²) in [6.07, 6.45) is 2.45. The molecule has 2 aliphatic heterocycles. The van der Waals surface area contributed by atoms with E-state index in [4.69, 9.17) is 9.47 Å². The first-order valence-electron chi connectivity index (χ1n) is 15.1. The molecule has 0 atom stereocenters. The van der Waals surface area contributed by atoms with Crippen molar-refractivity contribution < 1.29 is 28.2 Å². The van der Waals surface area contributed by atoms with Crippen LogP contribution in [0.3, 0.4) is 0 Å². The van der Waals surface area contributed by atoms with Crippen molar-refractivity contribution in [2.45, 2.75) is 38.7 Å². The molecule has 10 nitrogen and oxygen atoms in total. The minimum Gasteiger partial charge on any atom is -0.481 e. The highest BCUT2D eigenvalue weighted by molar-refractivity contribution is 6.02. The Balaban J connectivity index is 1.39. The van der Waals surface area contributed by atoms with Gasteiger partial charge in [-0.05, 0) is 35.7 Å². The van der Waals surface area contributed by atoms with Crippen LogP contribution in [0.2, 0.25) is 0 Å². The Morgan fingerprint density at radius 2 is 1.69 bits per heavy atom. The molecule has 232 valence electrons. The zero-order valence-electron chi connectivity index (χ0n) is 24.7. The first-order chi connectivity index (χ1) is 21.9.